The number of aromatic nitrogens is 1. The van der Waals surface area contributed by atoms with Crippen LogP contribution < -0.4 is 5.32 Å². The van der Waals surface area contributed by atoms with Gasteiger partial charge in [-0.2, -0.15) is 0 Å². The summed E-state index contributed by atoms with van der Waals surface area (Å²) >= 11 is 0. The minimum Gasteiger partial charge on any atom is -0.393 e. The quantitative estimate of drug-likeness (QED) is 0.907. The molecule has 0 aliphatic heterocycles. The van der Waals surface area contributed by atoms with E-state index in [-0.39, 0.29) is 18.1 Å². The number of aliphatic hydroxyl groups is 1. The van der Waals surface area contributed by atoms with Crippen LogP contribution in [0.5, 0.6) is 0 Å². The van der Waals surface area contributed by atoms with Crippen molar-refractivity contribution in [2.24, 2.45) is 5.92 Å². The molecule has 3 rings (SSSR count). The summed E-state index contributed by atoms with van der Waals surface area (Å²) in [4.78, 5) is 18.4. The highest BCUT2D eigenvalue weighted by Gasteiger charge is 2.25. The van der Waals surface area contributed by atoms with Gasteiger partial charge in [-0.05, 0) is 24.5 Å². The predicted octanol–water partition coefficient (Wildman–Crippen LogP) is 2.93. The number of carbonyl (C=O) groups excluding carboxylic acids is 1. The lowest BCUT2D eigenvalue weighted by molar-refractivity contribution is 0.0565. The molecular weight excluding hydrogens is 302 g/mol. The smallest absolute Gasteiger partial charge is 0.317 e. The molecule has 2 aromatic rings. The van der Waals surface area contributed by atoms with Crippen molar-refractivity contribution < 1.29 is 9.90 Å². The van der Waals surface area contributed by atoms with Gasteiger partial charge in [-0.15, -0.1) is 0 Å². The van der Waals surface area contributed by atoms with E-state index in [1.54, 1.807) is 18.1 Å². The summed E-state index contributed by atoms with van der Waals surface area (Å²) in [6, 6.07) is 9.80. The molecular formula is C19H25N3O2. The largest absolute Gasteiger partial charge is 0.393 e. The highest BCUT2D eigenvalue weighted by Crippen LogP contribution is 2.25. The topological polar surface area (TPSA) is 65.5 Å². The van der Waals surface area contributed by atoms with E-state index in [0.29, 0.717) is 13.1 Å². The number of hydrogen-bond donors (Lipinski definition) is 2. The van der Waals surface area contributed by atoms with Gasteiger partial charge in [0.05, 0.1) is 11.6 Å². The first-order valence-corrected chi connectivity index (χ1v) is 8.65. The standard InChI is InChI=1S/C19H25N3O2/c1-22(13-16-6-2-3-10-17(16)23)19(24)21-12-15-8-4-7-14-9-5-11-20-18(14)15/h4-5,7-9,11,16-17,23H,2-3,6,10,12-13H2,1H3,(H,21,24). The Morgan fingerprint density at radius 1 is 1.29 bits per heavy atom. The van der Waals surface area contributed by atoms with Crippen molar-refractivity contribution in [3.8, 4) is 0 Å². The average Bonchev–Trinajstić information content (AvgIpc) is 2.61. The number of para-hydroxylation sites is 1. The Bertz CT molecular complexity index is 699. The van der Waals surface area contributed by atoms with Gasteiger partial charge >= 0.3 is 6.03 Å². The third kappa shape index (κ3) is 3.85. The number of hydrogen-bond acceptors (Lipinski definition) is 3. The molecule has 2 atom stereocenters. The maximum Gasteiger partial charge on any atom is 0.317 e. The second kappa shape index (κ2) is 7.62. The van der Waals surface area contributed by atoms with Crippen molar-refractivity contribution in [1.82, 2.24) is 15.2 Å². The van der Waals surface area contributed by atoms with Crippen LogP contribution in [-0.4, -0.2) is 40.7 Å². The molecule has 0 bridgehead atoms. The van der Waals surface area contributed by atoms with Crippen LogP contribution in [0.3, 0.4) is 0 Å². The molecule has 0 saturated heterocycles. The first-order chi connectivity index (χ1) is 11.6. The fourth-order valence-electron chi connectivity index (χ4n) is 3.45. The molecule has 5 heteroatoms. The van der Waals surface area contributed by atoms with Crippen LogP contribution >= 0.6 is 0 Å². The second-order valence-electron chi connectivity index (χ2n) is 6.64. The Morgan fingerprint density at radius 3 is 2.92 bits per heavy atom. The van der Waals surface area contributed by atoms with Gasteiger partial charge in [-0.1, -0.05) is 37.1 Å². The van der Waals surface area contributed by atoms with Gasteiger partial charge in [-0.25, -0.2) is 4.79 Å². The van der Waals surface area contributed by atoms with E-state index < -0.39 is 0 Å². The maximum absolute atomic E-state index is 12.3. The zero-order chi connectivity index (χ0) is 16.9. The van der Waals surface area contributed by atoms with E-state index in [0.717, 1.165) is 42.1 Å². The number of rotatable bonds is 4. The molecule has 1 heterocycles. The zero-order valence-electron chi connectivity index (χ0n) is 14.1. The Kier molecular flexibility index (Phi) is 5.30. The number of fused-ring (bicyclic) bond motifs is 1. The van der Waals surface area contributed by atoms with Gasteiger partial charge < -0.3 is 15.3 Å². The van der Waals surface area contributed by atoms with E-state index in [2.05, 4.69) is 10.3 Å². The molecule has 1 aromatic heterocycles. The van der Waals surface area contributed by atoms with Crippen LogP contribution in [0.4, 0.5) is 4.79 Å². The number of pyridine rings is 1. The van der Waals surface area contributed by atoms with Crippen molar-refractivity contribution in [3.63, 3.8) is 0 Å². The van der Waals surface area contributed by atoms with E-state index in [9.17, 15) is 9.90 Å². The van der Waals surface area contributed by atoms with Crippen molar-refractivity contribution in [2.75, 3.05) is 13.6 Å². The Balaban J connectivity index is 1.58. The summed E-state index contributed by atoms with van der Waals surface area (Å²) in [7, 11) is 1.79. The number of urea groups is 1. The van der Waals surface area contributed by atoms with Crippen molar-refractivity contribution in [1.29, 1.82) is 0 Å². The number of carbonyl (C=O) groups is 1. The zero-order valence-corrected chi connectivity index (χ0v) is 14.1. The molecule has 128 valence electrons. The van der Waals surface area contributed by atoms with E-state index >= 15 is 0 Å². The van der Waals surface area contributed by atoms with E-state index in [1.807, 2.05) is 30.3 Å². The van der Waals surface area contributed by atoms with Crippen LogP contribution in [0, 0.1) is 5.92 Å². The summed E-state index contributed by atoms with van der Waals surface area (Å²) in [5, 5.41) is 14.1. The molecule has 2 unspecified atom stereocenters. The van der Waals surface area contributed by atoms with E-state index in [1.165, 1.54) is 0 Å². The second-order valence-corrected chi connectivity index (χ2v) is 6.64. The average molecular weight is 327 g/mol. The van der Waals surface area contributed by atoms with Crippen molar-refractivity contribution >= 4 is 16.9 Å². The molecule has 2 N–H and O–H groups in total. The SMILES string of the molecule is CN(CC1CCCCC1O)C(=O)NCc1cccc2cccnc12. The summed E-state index contributed by atoms with van der Waals surface area (Å²) in [5.41, 5.74) is 1.93. The van der Waals surface area contributed by atoms with Crippen LogP contribution in [0.25, 0.3) is 10.9 Å². The van der Waals surface area contributed by atoms with Gasteiger partial charge in [0, 0.05) is 37.6 Å². The third-order valence-corrected chi connectivity index (χ3v) is 4.87. The summed E-state index contributed by atoms with van der Waals surface area (Å²) in [5.74, 6) is 0.189. The lowest BCUT2D eigenvalue weighted by Crippen LogP contribution is -2.42. The fraction of sp³-hybridized carbons (Fsp3) is 0.474. The van der Waals surface area contributed by atoms with Gasteiger partial charge in [0.2, 0.25) is 0 Å². The molecule has 24 heavy (non-hydrogen) atoms. The normalized spacial score (nSPS) is 20.8. The minimum absolute atomic E-state index is 0.110. The highest BCUT2D eigenvalue weighted by atomic mass is 16.3. The summed E-state index contributed by atoms with van der Waals surface area (Å²) in [6.45, 7) is 1.05. The van der Waals surface area contributed by atoms with Gasteiger partial charge in [0.1, 0.15) is 0 Å². The number of amides is 2. The van der Waals surface area contributed by atoms with Gasteiger partial charge in [0.15, 0.2) is 0 Å². The third-order valence-electron chi connectivity index (χ3n) is 4.87. The molecule has 0 spiro atoms. The van der Waals surface area contributed by atoms with Gasteiger partial charge in [-0.3, -0.25) is 4.98 Å². The lowest BCUT2D eigenvalue weighted by atomic mass is 9.86. The van der Waals surface area contributed by atoms with Crippen LogP contribution in [-0.2, 0) is 6.54 Å². The predicted molar refractivity (Wildman–Crippen MR) is 94.6 cm³/mol. The molecule has 1 aliphatic rings. The molecule has 1 aromatic carbocycles. The van der Waals surface area contributed by atoms with Crippen LogP contribution in [0.1, 0.15) is 31.2 Å². The summed E-state index contributed by atoms with van der Waals surface area (Å²) in [6.07, 6.45) is 5.55. The van der Waals surface area contributed by atoms with Crippen molar-refractivity contribution in [2.45, 2.75) is 38.3 Å². The molecule has 1 aliphatic carbocycles. The van der Waals surface area contributed by atoms with Crippen LogP contribution in [0.15, 0.2) is 36.5 Å². The Labute approximate surface area is 142 Å². The number of aliphatic hydroxyl groups excluding tert-OH is 1. The van der Waals surface area contributed by atoms with Crippen molar-refractivity contribution in [3.05, 3.63) is 42.1 Å². The number of nitrogens with one attached hydrogen (secondary N) is 1. The Hall–Kier alpha value is -2.14. The fourth-order valence-corrected chi connectivity index (χ4v) is 3.45. The lowest BCUT2D eigenvalue weighted by Gasteiger charge is -2.31. The molecule has 2 amide bonds. The Morgan fingerprint density at radius 2 is 2.08 bits per heavy atom. The molecule has 0 radical (unpaired) electrons. The van der Waals surface area contributed by atoms with Crippen LogP contribution in [0.2, 0.25) is 0 Å². The first kappa shape index (κ1) is 16.7. The minimum atomic E-state index is -0.281. The number of nitrogens with zero attached hydrogens (tertiary/aromatic N) is 2. The molecule has 1 fully saturated rings. The van der Waals surface area contributed by atoms with Gasteiger partial charge in [0.25, 0.3) is 0 Å². The van der Waals surface area contributed by atoms with E-state index in [4.69, 9.17) is 0 Å². The molecule has 1 saturated carbocycles. The molecule has 5 nitrogen and oxygen atoms in total. The first-order valence-electron chi connectivity index (χ1n) is 8.65. The monoisotopic (exact) mass is 327 g/mol. The summed E-state index contributed by atoms with van der Waals surface area (Å²) < 4.78 is 0. The maximum atomic E-state index is 12.3. The number of benzene rings is 1. The highest BCUT2D eigenvalue weighted by molar-refractivity contribution is 5.82.